The summed E-state index contributed by atoms with van der Waals surface area (Å²) < 4.78 is 1.70. The lowest BCUT2D eigenvalue weighted by Crippen LogP contribution is -1.92. The minimum absolute atomic E-state index is 0.00801. The zero-order valence-corrected chi connectivity index (χ0v) is 11.6. The Balaban J connectivity index is 2.74. The van der Waals surface area contributed by atoms with Crippen molar-refractivity contribution in [3.63, 3.8) is 0 Å². The maximum Gasteiger partial charge on any atom is 0.280 e. The predicted octanol–water partition coefficient (Wildman–Crippen LogP) is 2.80. The summed E-state index contributed by atoms with van der Waals surface area (Å²) in [6.45, 7) is 0. The van der Waals surface area contributed by atoms with Gasteiger partial charge in [-0.3, -0.25) is 10.1 Å². The van der Waals surface area contributed by atoms with E-state index in [-0.39, 0.29) is 12.1 Å². The third-order valence-electron chi connectivity index (χ3n) is 2.29. The summed E-state index contributed by atoms with van der Waals surface area (Å²) in [5.41, 5.74) is 1.36. The van der Waals surface area contributed by atoms with Crippen LogP contribution in [0.5, 0.6) is 0 Å². The molecular formula is C9H6IN4O2P. The summed E-state index contributed by atoms with van der Waals surface area (Å²) in [5.74, 6) is 0. The van der Waals surface area contributed by atoms with E-state index in [1.54, 1.807) is 10.5 Å². The number of aromatic nitrogens is 2. The maximum atomic E-state index is 11.0. The number of hydrogen-bond donors (Lipinski definition) is 0. The van der Waals surface area contributed by atoms with Crippen molar-refractivity contribution in [2.24, 2.45) is 0 Å². The Labute approximate surface area is 111 Å². The van der Waals surface area contributed by atoms with Crippen LogP contribution in [-0.2, 0) is 6.42 Å². The van der Waals surface area contributed by atoms with Gasteiger partial charge in [0.2, 0.25) is 0 Å². The topological polar surface area (TPSA) is 84.8 Å². The van der Waals surface area contributed by atoms with Gasteiger partial charge in [-0.1, -0.05) is 0 Å². The van der Waals surface area contributed by atoms with Crippen LogP contribution in [0.25, 0.3) is 10.9 Å². The molecule has 0 amide bonds. The van der Waals surface area contributed by atoms with Crippen LogP contribution in [-0.4, -0.2) is 14.5 Å². The molecule has 1 unspecified atom stereocenters. The zero-order chi connectivity index (χ0) is 12.4. The van der Waals surface area contributed by atoms with E-state index in [9.17, 15) is 10.1 Å². The molecule has 0 radical (unpaired) electrons. The number of nitro benzene ring substituents is 1. The van der Waals surface area contributed by atoms with Gasteiger partial charge in [-0.25, -0.2) is 4.45 Å². The summed E-state index contributed by atoms with van der Waals surface area (Å²) in [6.07, 6.45) is 2.02. The summed E-state index contributed by atoms with van der Waals surface area (Å²) in [7, 11) is 0. The van der Waals surface area contributed by atoms with Gasteiger partial charge in [0.05, 0.1) is 40.9 Å². The van der Waals surface area contributed by atoms with Crippen molar-refractivity contribution in [3.05, 3.63) is 34.0 Å². The van der Waals surface area contributed by atoms with Crippen molar-refractivity contribution in [1.29, 1.82) is 5.26 Å². The highest BCUT2D eigenvalue weighted by Crippen LogP contribution is 2.33. The van der Waals surface area contributed by atoms with Crippen LogP contribution in [0.15, 0.2) is 18.3 Å². The number of nitriles is 1. The van der Waals surface area contributed by atoms with Gasteiger partial charge < -0.3 is 0 Å². The van der Waals surface area contributed by atoms with Crippen molar-refractivity contribution in [2.75, 3.05) is 0 Å². The Kier molecular flexibility index (Phi) is 3.54. The number of nitro groups is 1. The fourth-order valence-electron chi connectivity index (χ4n) is 1.58. The van der Waals surface area contributed by atoms with Gasteiger partial charge in [0.15, 0.2) is 0 Å². The van der Waals surface area contributed by atoms with Gasteiger partial charge in [-0.15, -0.1) is 0 Å². The van der Waals surface area contributed by atoms with Crippen molar-refractivity contribution < 1.29 is 4.92 Å². The third kappa shape index (κ3) is 2.23. The van der Waals surface area contributed by atoms with Crippen LogP contribution in [0.2, 0.25) is 0 Å². The first-order valence-electron chi connectivity index (χ1n) is 4.56. The van der Waals surface area contributed by atoms with Gasteiger partial charge in [0, 0.05) is 6.07 Å². The summed E-state index contributed by atoms with van der Waals surface area (Å²) in [4.78, 5) is 10.5. The van der Waals surface area contributed by atoms with Gasteiger partial charge in [-0.05, 0) is 33.7 Å². The number of fused-ring (bicyclic) bond motifs is 1. The molecule has 0 spiro atoms. The average molecular weight is 360 g/mol. The van der Waals surface area contributed by atoms with E-state index in [1.165, 1.54) is 12.3 Å². The Hall–Kier alpha value is -1.26. The monoisotopic (exact) mass is 360 g/mol. The first-order chi connectivity index (χ1) is 8.17. The van der Waals surface area contributed by atoms with Crippen molar-refractivity contribution in [3.8, 4) is 6.07 Å². The highest BCUT2D eigenvalue weighted by Gasteiger charge is 2.17. The minimum atomic E-state index is -0.439. The normalized spacial score (nSPS) is 11.1. The smallest absolute Gasteiger partial charge is 0.258 e. The first-order valence-corrected chi connectivity index (χ1v) is 8.62. The van der Waals surface area contributed by atoms with Crippen molar-refractivity contribution in [1.82, 2.24) is 9.55 Å². The number of nitrogens with zero attached hydrogens (tertiary/aromatic N) is 4. The van der Waals surface area contributed by atoms with Gasteiger partial charge >= 0.3 is 0 Å². The molecule has 0 bridgehead atoms. The lowest BCUT2D eigenvalue weighted by atomic mass is 10.1. The summed E-state index contributed by atoms with van der Waals surface area (Å²) in [6, 6.07) is 5.21. The molecule has 0 aliphatic rings. The molecule has 86 valence electrons. The van der Waals surface area contributed by atoms with Crippen LogP contribution in [0.1, 0.15) is 5.56 Å². The van der Waals surface area contributed by atoms with E-state index in [0.717, 1.165) is 0 Å². The van der Waals surface area contributed by atoms with Crippen LogP contribution in [0, 0.1) is 21.4 Å². The molecule has 0 saturated carbocycles. The molecule has 1 aromatic heterocycles. The molecule has 1 atom stereocenters. The van der Waals surface area contributed by atoms with E-state index < -0.39 is 4.92 Å². The second kappa shape index (κ2) is 4.94. The van der Waals surface area contributed by atoms with Crippen molar-refractivity contribution in [2.45, 2.75) is 6.42 Å². The highest BCUT2D eigenvalue weighted by atomic mass is 127. The second-order valence-electron chi connectivity index (χ2n) is 3.28. The Bertz CT molecular complexity index is 634. The number of rotatable bonds is 3. The molecule has 0 aliphatic carbocycles. The molecule has 1 aromatic carbocycles. The first kappa shape index (κ1) is 12.2. The Morgan fingerprint density at radius 1 is 1.65 bits per heavy atom. The van der Waals surface area contributed by atoms with Gasteiger partial charge in [-0.2, -0.15) is 10.4 Å². The highest BCUT2D eigenvalue weighted by molar-refractivity contribution is 14.2. The van der Waals surface area contributed by atoms with Gasteiger partial charge in [0.25, 0.3) is 5.69 Å². The van der Waals surface area contributed by atoms with E-state index in [4.69, 9.17) is 5.26 Å². The average Bonchev–Trinajstić information content (AvgIpc) is 2.71. The van der Waals surface area contributed by atoms with E-state index in [1.807, 2.05) is 6.07 Å². The predicted molar refractivity (Wildman–Crippen MR) is 73.4 cm³/mol. The van der Waals surface area contributed by atoms with E-state index in [2.05, 4.69) is 27.1 Å². The van der Waals surface area contributed by atoms with Crippen LogP contribution < -0.4 is 0 Å². The second-order valence-corrected chi connectivity index (χ2v) is 5.32. The molecule has 17 heavy (non-hydrogen) atoms. The summed E-state index contributed by atoms with van der Waals surface area (Å²) in [5, 5.41) is 24.2. The fraction of sp³-hybridized carbons (Fsp3) is 0.111. The molecule has 1 heterocycles. The molecule has 2 aromatic rings. The SMILES string of the molecule is N#CCc1cc([N+](=O)[O-])c2cnn(PI)c2c1. The Morgan fingerprint density at radius 2 is 2.41 bits per heavy atom. The molecule has 0 N–H and O–H groups in total. The number of hydrogen-bond acceptors (Lipinski definition) is 4. The number of non-ortho nitro benzene ring substituents is 1. The third-order valence-corrected chi connectivity index (χ3v) is 4.17. The Morgan fingerprint density at radius 3 is 3.00 bits per heavy atom. The quantitative estimate of drug-likeness (QED) is 0.365. The van der Waals surface area contributed by atoms with Crippen molar-refractivity contribution >= 4 is 45.0 Å². The number of benzene rings is 1. The largest absolute Gasteiger partial charge is 0.280 e. The lowest BCUT2D eigenvalue weighted by Gasteiger charge is -2.00. The zero-order valence-electron chi connectivity index (χ0n) is 8.42. The standard InChI is InChI=1S/C9H6IN4O2P/c10-17-13-8-3-6(1-2-11)4-9(14(15)16)7(8)5-12-13/h3-5,17H,1H2. The molecule has 8 heteroatoms. The van der Waals surface area contributed by atoms with Crippen LogP contribution >= 0.6 is 28.4 Å². The molecule has 6 nitrogen and oxygen atoms in total. The molecule has 2 rings (SSSR count). The molecular weight excluding hydrogens is 354 g/mol. The molecule has 0 fully saturated rings. The van der Waals surface area contributed by atoms with Gasteiger partial charge in [0.1, 0.15) is 0 Å². The number of halogens is 1. The lowest BCUT2D eigenvalue weighted by molar-refractivity contribution is -0.383. The van der Waals surface area contributed by atoms with E-state index in [0.29, 0.717) is 22.8 Å². The van der Waals surface area contributed by atoms with Crippen LogP contribution in [0.4, 0.5) is 5.69 Å². The maximum absolute atomic E-state index is 11.0. The fourth-order valence-corrected chi connectivity index (χ4v) is 3.11. The summed E-state index contributed by atoms with van der Waals surface area (Å²) >= 11 is 2.15. The molecule has 0 saturated heterocycles. The molecule has 0 aliphatic heterocycles. The van der Waals surface area contributed by atoms with Crippen LogP contribution in [0.3, 0.4) is 0 Å². The minimum Gasteiger partial charge on any atom is -0.258 e. The van der Waals surface area contributed by atoms with E-state index >= 15 is 0 Å².